The Morgan fingerprint density at radius 3 is 2.89 bits per heavy atom. The van der Waals surface area contributed by atoms with E-state index in [4.69, 9.17) is 9.47 Å². The van der Waals surface area contributed by atoms with Gasteiger partial charge in [0, 0.05) is 12.5 Å². The summed E-state index contributed by atoms with van der Waals surface area (Å²) in [7, 11) is 1.65. The molecule has 1 spiro atoms. The topological polar surface area (TPSA) is 65.8 Å². The molecule has 27 heavy (non-hydrogen) atoms. The maximum absolute atomic E-state index is 11.5. The molecule has 4 nitrogen and oxygen atoms in total. The lowest BCUT2D eigenvalue weighted by molar-refractivity contribution is -0.125. The predicted molar refractivity (Wildman–Crippen MR) is 102 cm³/mol. The number of hydrogen-bond donors (Lipinski definition) is 1. The summed E-state index contributed by atoms with van der Waals surface area (Å²) in [5, 5.41) is 21.3. The molecule has 3 saturated carbocycles. The monoisotopic (exact) mass is 371 g/mol. The maximum atomic E-state index is 11.5. The summed E-state index contributed by atoms with van der Waals surface area (Å²) < 4.78 is 11.6. The van der Waals surface area contributed by atoms with E-state index in [2.05, 4.69) is 26.0 Å². The molecule has 0 aromatic heterocycles. The van der Waals surface area contributed by atoms with Gasteiger partial charge >= 0.3 is 0 Å². The van der Waals surface area contributed by atoms with Crippen molar-refractivity contribution in [2.24, 2.45) is 28.6 Å². The van der Waals surface area contributed by atoms with Crippen molar-refractivity contribution in [1.82, 2.24) is 0 Å². The first kappa shape index (κ1) is 18.2. The molecule has 1 heterocycles. The van der Waals surface area contributed by atoms with Gasteiger partial charge in [0.25, 0.3) is 0 Å². The summed E-state index contributed by atoms with van der Waals surface area (Å²) in [6.07, 6.45) is 11.1. The first-order chi connectivity index (χ1) is 12.9. The average molecular weight is 372 g/mol. The van der Waals surface area contributed by atoms with Gasteiger partial charge in [-0.25, -0.2) is 0 Å². The molecule has 5 rings (SSSR count). The Hall–Kier alpha value is -0.890. The van der Waals surface area contributed by atoms with Crippen LogP contribution in [-0.2, 0) is 9.47 Å². The van der Waals surface area contributed by atoms with Crippen molar-refractivity contribution in [1.29, 1.82) is 5.26 Å². The third-order valence-electron chi connectivity index (χ3n) is 9.56. The first-order valence-electron chi connectivity index (χ1n) is 10.9. The smallest absolute Gasteiger partial charge is 0.207 e. The molecule has 0 bridgehead atoms. The molecule has 1 unspecified atom stereocenters. The minimum atomic E-state index is -0.817. The van der Waals surface area contributed by atoms with Crippen molar-refractivity contribution < 1.29 is 14.6 Å². The normalized spacial score (nSPS) is 55.9. The number of methoxy groups -OCH3 is 1. The minimum absolute atomic E-state index is 0.141. The van der Waals surface area contributed by atoms with Crippen LogP contribution in [-0.4, -0.2) is 36.1 Å². The second-order valence-electron chi connectivity index (χ2n) is 10.4. The van der Waals surface area contributed by atoms with E-state index in [0.717, 1.165) is 25.7 Å². The Morgan fingerprint density at radius 1 is 1.33 bits per heavy atom. The van der Waals surface area contributed by atoms with E-state index in [-0.39, 0.29) is 16.9 Å². The zero-order chi connectivity index (χ0) is 19.1. The fraction of sp³-hybridized carbons (Fsp3) is 0.870. The van der Waals surface area contributed by atoms with E-state index in [1.54, 1.807) is 12.7 Å². The molecule has 4 fully saturated rings. The van der Waals surface area contributed by atoms with Crippen molar-refractivity contribution >= 4 is 0 Å². The van der Waals surface area contributed by atoms with Crippen LogP contribution in [0.25, 0.3) is 0 Å². The number of epoxide rings is 1. The van der Waals surface area contributed by atoms with E-state index in [0.29, 0.717) is 24.4 Å². The van der Waals surface area contributed by atoms with Crippen LogP contribution < -0.4 is 0 Å². The fourth-order valence-electron chi connectivity index (χ4n) is 8.42. The molecule has 1 saturated heterocycles. The second kappa shape index (κ2) is 5.59. The van der Waals surface area contributed by atoms with Crippen LogP contribution in [0.5, 0.6) is 0 Å². The highest BCUT2D eigenvalue weighted by Crippen LogP contribution is 2.75. The fourth-order valence-corrected chi connectivity index (χ4v) is 8.42. The van der Waals surface area contributed by atoms with Crippen LogP contribution in [0.1, 0.15) is 65.2 Å². The largest absolute Gasteiger partial charge is 0.393 e. The highest BCUT2D eigenvalue weighted by Gasteiger charge is 2.83. The Morgan fingerprint density at radius 2 is 2.15 bits per heavy atom. The zero-order valence-corrected chi connectivity index (χ0v) is 17.0. The van der Waals surface area contributed by atoms with Gasteiger partial charge in [-0.3, -0.25) is 0 Å². The maximum Gasteiger partial charge on any atom is 0.207 e. The van der Waals surface area contributed by atoms with Gasteiger partial charge in [0.1, 0.15) is 11.7 Å². The van der Waals surface area contributed by atoms with Gasteiger partial charge in [-0.05, 0) is 68.1 Å². The first-order valence-corrected chi connectivity index (χ1v) is 10.9. The van der Waals surface area contributed by atoms with E-state index < -0.39 is 11.2 Å². The zero-order valence-electron chi connectivity index (χ0n) is 17.0. The predicted octanol–water partition coefficient (Wildman–Crippen LogP) is 3.99. The Kier molecular flexibility index (Phi) is 3.76. The third-order valence-corrected chi connectivity index (χ3v) is 9.56. The number of hydrogen-bond acceptors (Lipinski definition) is 4. The molecule has 0 aromatic rings. The summed E-state index contributed by atoms with van der Waals surface area (Å²) >= 11 is 0. The Bertz CT molecular complexity index is 728. The SMILES string of the molecule is COCC1(C#N)O[C@@]12CC[C@H]1[C@@H]3CC=C4CCCC[C@]4(C)[C@H]3[C@@H](O)C[C@@]12C. The molecular formula is C23H33NO3. The van der Waals surface area contributed by atoms with Crippen molar-refractivity contribution in [2.45, 2.75) is 82.5 Å². The number of nitrogens with zero attached hydrogens (tertiary/aromatic N) is 1. The molecule has 1 N–H and O–H groups in total. The quantitative estimate of drug-likeness (QED) is 0.589. The summed E-state index contributed by atoms with van der Waals surface area (Å²) in [5.41, 5.74) is 0.388. The van der Waals surface area contributed by atoms with Gasteiger partial charge in [0.2, 0.25) is 5.60 Å². The number of nitriles is 1. The van der Waals surface area contributed by atoms with E-state index >= 15 is 0 Å². The van der Waals surface area contributed by atoms with Crippen molar-refractivity contribution in [3.63, 3.8) is 0 Å². The lowest BCUT2D eigenvalue weighted by Gasteiger charge is -2.59. The van der Waals surface area contributed by atoms with E-state index in [1.807, 2.05) is 0 Å². The molecule has 5 aliphatic rings. The average Bonchev–Trinajstić information content (AvgIpc) is 3.20. The summed E-state index contributed by atoms with van der Waals surface area (Å²) in [6.45, 7) is 5.04. The number of rotatable bonds is 2. The molecule has 8 atom stereocenters. The molecule has 0 aromatic carbocycles. The lowest BCUT2D eigenvalue weighted by Crippen LogP contribution is -2.58. The van der Waals surface area contributed by atoms with Gasteiger partial charge in [0.15, 0.2) is 0 Å². The van der Waals surface area contributed by atoms with Crippen LogP contribution in [0.3, 0.4) is 0 Å². The number of ether oxygens (including phenoxy) is 2. The molecule has 0 radical (unpaired) electrons. The van der Waals surface area contributed by atoms with Gasteiger partial charge in [-0.15, -0.1) is 0 Å². The van der Waals surface area contributed by atoms with Crippen LogP contribution in [0.4, 0.5) is 0 Å². The summed E-state index contributed by atoms with van der Waals surface area (Å²) in [6, 6.07) is 2.44. The van der Waals surface area contributed by atoms with Crippen LogP contribution in [0.2, 0.25) is 0 Å². The third kappa shape index (κ3) is 1.99. The Labute approximate surface area is 162 Å². The van der Waals surface area contributed by atoms with E-state index in [1.165, 1.54) is 25.7 Å². The summed E-state index contributed by atoms with van der Waals surface area (Å²) in [5.74, 6) is 1.39. The second-order valence-corrected chi connectivity index (χ2v) is 10.4. The molecular weight excluding hydrogens is 338 g/mol. The molecule has 0 amide bonds. The molecule has 1 aliphatic heterocycles. The highest BCUT2D eigenvalue weighted by molar-refractivity contribution is 5.37. The molecule has 4 heteroatoms. The van der Waals surface area contributed by atoms with Gasteiger partial charge in [-0.2, -0.15) is 5.26 Å². The molecule has 4 aliphatic carbocycles. The van der Waals surface area contributed by atoms with Crippen LogP contribution in [0.15, 0.2) is 11.6 Å². The van der Waals surface area contributed by atoms with Gasteiger partial charge in [0.05, 0.1) is 12.7 Å². The number of aliphatic hydroxyl groups excluding tert-OH is 1. The lowest BCUT2D eigenvalue weighted by atomic mass is 9.46. The van der Waals surface area contributed by atoms with Crippen molar-refractivity contribution in [3.8, 4) is 6.07 Å². The van der Waals surface area contributed by atoms with Crippen LogP contribution >= 0.6 is 0 Å². The highest BCUT2D eigenvalue weighted by atomic mass is 16.7. The van der Waals surface area contributed by atoms with Crippen molar-refractivity contribution in [2.75, 3.05) is 13.7 Å². The standard InChI is InChI=1S/C23H33NO3/c1-20-10-5-4-6-15(20)7-8-16-17-9-11-23(22(13-24,27-23)14-26-3)21(17,2)12-18(25)19(16)20/h7,16-19,25H,4-6,8-12,14H2,1-3H3/t16-,17-,18-,19+,20-,21-,22?,23+/m0/s1. The number of aliphatic hydroxyl groups is 1. The Balaban J connectivity index is 1.53. The van der Waals surface area contributed by atoms with Crippen LogP contribution in [0, 0.1) is 39.9 Å². The number of fused-ring (bicyclic) bond motifs is 6. The molecule has 148 valence electrons. The van der Waals surface area contributed by atoms with Gasteiger partial charge in [-0.1, -0.05) is 31.9 Å². The van der Waals surface area contributed by atoms with Gasteiger partial charge < -0.3 is 14.6 Å². The van der Waals surface area contributed by atoms with E-state index in [9.17, 15) is 10.4 Å². The van der Waals surface area contributed by atoms with Crippen molar-refractivity contribution in [3.05, 3.63) is 11.6 Å². The summed E-state index contributed by atoms with van der Waals surface area (Å²) in [4.78, 5) is 0. The minimum Gasteiger partial charge on any atom is -0.393 e. The number of allylic oxidation sites excluding steroid dienone is 2.